The first kappa shape index (κ1) is 20.9. The second-order valence-electron chi connectivity index (χ2n) is 6.77. The molecule has 1 N–H and O–H groups in total. The highest BCUT2D eigenvalue weighted by atomic mass is 16.5. The van der Waals surface area contributed by atoms with Gasteiger partial charge in [-0.25, -0.2) is 4.79 Å². The summed E-state index contributed by atoms with van der Waals surface area (Å²) < 4.78 is 12.2. The van der Waals surface area contributed by atoms with Crippen molar-refractivity contribution in [2.24, 2.45) is 0 Å². The second kappa shape index (κ2) is 9.60. The van der Waals surface area contributed by atoms with Gasteiger partial charge >= 0.3 is 5.97 Å². The SMILES string of the molecule is COc1ccc(C(=O)c2cc(C)cn2C/C=C/c2ccc(OCC(=O)O)cc2)cc1. The van der Waals surface area contributed by atoms with Crippen molar-refractivity contribution in [1.29, 1.82) is 0 Å². The Morgan fingerprint density at radius 1 is 1.03 bits per heavy atom. The van der Waals surface area contributed by atoms with Crippen LogP contribution in [0.1, 0.15) is 27.2 Å². The van der Waals surface area contributed by atoms with Gasteiger partial charge in [0.2, 0.25) is 5.78 Å². The molecule has 0 fully saturated rings. The third kappa shape index (κ3) is 5.38. The molecule has 0 spiro atoms. The number of carboxylic acid groups (broad SMARTS) is 1. The zero-order chi connectivity index (χ0) is 21.5. The van der Waals surface area contributed by atoms with Crippen LogP contribution in [0.5, 0.6) is 11.5 Å². The van der Waals surface area contributed by atoms with Gasteiger partial charge in [0.25, 0.3) is 0 Å². The van der Waals surface area contributed by atoms with Crippen LogP contribution < -0.4 is 9.47 Å². The van der Waals surface area contributed by atoms with E-state index in [0.717, 1.165) is 11.1 Å². The van der Waals surface area contributed by atoms with Crippen molar-refractivity contribution in [1.82, 2.24) is 4.57 Å². The fraction of sp³-hybridized carbons (Fsp3) is 0.167. The summed E-state index contributed by atoms with van der Waals surface area (Å²) in [6, 6.07) is 16.1. The maximum atomic E-state index is 12.9. The maximum Gasteiger partial charge on any atom is 0.341 e. The molecule has 1 aromatic heterocycles. The highest BCUT2D eigenvalue weighted by molar-refractivity contribution is 6.08. The Labute approximate surface area is 175 Å². The van der Waals surface area contributed by atoms with Crippen molar-refractivity contribution in [3.8, 4) is 11.5 Å². The minimum Gasteiger partial charge on any atom is -0.497 e. The zero-order valence-corrected chi connectivity index (χ0v) is 16.9. The Morgan fingerprint density at radius 2 is 1.70 bits per heavy atom. The van der Waals surface area contributed by atoms with Gasteiger partial charge in [-0.05, 0) is 60.5 Å². The molecule has 0 aliphatic rings. The number of carbonyl (C=O) groups is 2. The fourth-order valence-electron chi connectivity index (χ4n) is 3.01. The summed E-state index contributed by atoms with van der Waals surface area (Å²) in [5.74, 6) is 0.156. The van der Waals surface area contributed by atoms with Crippen molar-refractivity contribution in [3.05, 3.63) is 89.3 Å². The van der Waals surface area contributed by atoms with E-state index in [9.17, 15) is 9.59 Å². The van der Waals surface area contributed by atoms with Crippen LogP contribution >= 0.6 is 0 Å². The fourth-order valence-corrected chi connectivity index (χ4v) is 3.01. The monoisotopic (exact) mass is 405 g/mol. The highest BCUT2D eigenvalue weighted by Crippen LogP contribution is 2.18. The van der Waals surface area contributed by atoms with Gasteiger partial charge < -0.3 is 19.1 Å². The zero-order valence-electron chi connectivity index (χ0n) is 16.9. The molecule has 1 heterocycles. The Hall–Kier alpha value is -3.80. The Morgan fingerprint density at radius 3 is 2.33 bits per heavy atom. The maximum absolute atomic E-state index is 12.9. The number of methoxy groups -OCH3 is 1. The summed E-state index contributed by atoms with van der Waals surface area (Å²) in [5, 5.41) is 8.65. The smallest absolute Gasteiger partial charge is 0.341 e. The van der Waals surface area contributed by atoms with Crippen LogP contribution in [-0.4, -0.2) is 35.1 Å². The van der Waals surface area contributed by atoms with Gasteiger partial charge in [0, 0.05) is 18.3 Å². The number of benzene rings is 2. The molecule has 3 rings (SSSR count). The van der Waals surface area contributed by atoms with Gasteiger partial charge in [-0.2, -0.15) is 0 Å². The van der Waals surface area contributed by atoms with Gasteiger partial charge in [-0.15, -0.1) is 0 Å². The number of carbonyl (C=O) groups excluding carboxylic acids is 1. The number of ether oxygens (including phenoxy) is 2. The lowest BCUT2D eigenvalue weighted by Crippen LogP contribution is -2.09. The van der Waals surface area contributed by atoms with E-state index in [4.69, 9.17) is 14.6 Å². The number of rotatable bonds is 9. The molecular weight excluding hydrogens is 382 g/mol. The third-order valence-electron chi connectivity index (χ3n) is 4.47. The first-order chi connectivity index (χ1) is 14.5. The molecule has 0 aliphatic heterocycles. The Kier molecular flexibility index (Phi) is 6.70. The van der Waals surface area contributed by atoms with Gasteiger partial charge in [0.1, 0.15) is 11.5 Å². The summed E-state index contributed by atoms with van der Waals surface area (Å²) in [6.45, 7) is 2.14. The molecule has 0 bridgehead atoms. The van der Waals surface area contributed by atoms with Crippen molar-refractivity contribution in [2.75, 3.05) is 13.7 Å². The molecule has 0 saturated heterocycles. The topological polar surface area (TPSA) is 77.8 Å². The molecule has 30 heavy (non-hydrogen) atoms. The Balaban J connectivity index is 1.68. The highest BCUT2D eigenvalue weighted by Gasteiger charge is 2.14. The molecular formula is C24H23NO5. The molecule has 6 nitrogen and oxygen atoms in total. The summed E-state index contributed by atoms with van der Waals surface area (Å²) in [7, 11) is 1.59. The summed E-state index contributed by atoms with van der Waals surface area (Å²) in [6.07, 6.45) is 5.86. The lowest BCUT2D eigenvalue weighted by atomic mass is 10.1. The molecule has 3 aromatic rings. The molecule has 154 valence electrons. The van der Waals surface area contributed by atoms with Crippen molar-refractivity contribution in [3.63, 3.8) is 0 Å². The van der Waals surface area contributed by atoms with E-state index in [1.807, 2.05) is 48.0 Å². The van der Waals surface area contributed by atoms with Crippen LogP contribution in [0, 0.1) is 6.92 Å². The lowest BCUT2D eigenvalue weighted by molar-refractivity contribution is -0.139. The van der Waals surface area contributed by atoms with Gasteiger partial charge in [-0.3, -0.25) is 4.79 Å². The number of ketones is 1. The Bertz CT molecular complexity index is 1050. The van der Waals surface area contributed by atoms with Gasteiger partial charge in [0.05, 0.1) is 12.8 Å². The van der Waals surface area contributed by atoms with E-state index in [1.165, 1.54) is 0 Å². The average Bonchev–Trinajstić information content (AvgIpc) is 3.13. The molecule has 2 aromatic carbocycles. The summed E-state index contributed by atoms with van der Waals surface area (Å²) >= 11 is 0. The van der Waals surface area contributed by atoms with Crippen molar-refractivity contribution < 1.29 is 24.2 Å². The lowest BCUT2D eigenvalue weighted by Gasteiger charge is -2.07. The number of nitrogens with zero attached hydrogens (tertiary/aromatic N) is 1. The minimum absolute atomic E-state index is 0.0425. The molecule has 0 saturated carbocycles. The van der Waals surface area contributed by atoms with E-state index in [-0.39, 0.29) is 12.4 Å². The molecule has 6 heteroatoms. The van der Waals surface area contributed by atoms with Crippen LogP contribution in [0.3, 0.4) is 0 Å². The summed E-state index contributed by atoms with van der Waals surface area (Å²) in [5.41, 5.74) is 3.19. The largest absolute Gasteiger partial charge is 0.497 e. The number of aryl methyl sites for hydroxylation is 1. The predicted molar refractivity (Wildman–Crippen MR) is 114 cm³/mol. The molecule has 0 radical (unpaired) electrons. The normalized spacial score (nSPS) is 10.9. The number of allylic oxidation sites excluding steroid dienone is 1. The van der Waals surface area contributed by atoms with E-state index in [1.54, 1.807) is 43.5 Å². The molecule has 0 amide bonds. The molecule has 0 aliphatic carbocycles. The average molecular weight is 405 g/mol. The second-order valence-corrected chi connectivity index (χ2v) is 6.77. The van der Waals surface area contributed by atoms with Crippen molar-refractivity contribution in [2.45, 2.75) is 13.5 Å². The predicted octanol–water partition coefficient (Wildman–Crippen LogP) is 4.21. The molecule has 0 atom stereocenters. The summed E-state index contributed by atoms with van der Waals surface area (Å²) in [4.78, 5) is 23.5. The van der Waals surface area contributed by atoms with Crippen molar-refractivity contribution >= 4 is 17.8 Å². The van der Waals surface area contributed by atoms with Gasteiger partial charge in [-0.1, -0.05) is 24.3 Å². The van der Waals surface area contributed by atoms with Crippen LogP contribution in [0.4, 0.5) is 0 Å². The van der Waals surface area contributed by atoms with Crippen LogP contribution in [0.15, 0.2) is 66.9 Å². The number of hydrogen-bond acceptors (Lipinski definition) is 4. The quantitative estimate of drug-likeness (QED) is 0.540. The standard InChI is InChI=1S/C24H23NO5/c1-17-14-22(24(28)19-7-11-20(29-2)12-8-19)25(15-17)13-3-4-18-5-9-21(10-6-18)30-16-23(26)27/h3-12,14-15H,13,16H2,1-2H3,(H,26,27)/b4-3+. The number of hydrogen-bond donors (Lipinski definition) is 1. The number of carboxylic acids is 1. The van der Waals surface area contributed by atoms with Crippen LogP contribution in [0.2, 0.25) is 0 Å². The van der Waals surface area contributed by atoms with Gasteiger partial charge in [0.15, 0.2) is 6.61 Å². The van der Waals surface area contributed by atoms with E-state index < -0.39 is 5.97 Å². The van der Waals surface area contributed by atoms with Crippen LogP contribution in [0.25, 0.3) is 6.08 Å². The third-order valence-corrected chi connectivity index (χ3v) is 4.47. The minimum atomic E-state index is -1.01. The number of aliphatic carboxylic acids is 1. The molecule has 0 unspecified atom stereocenters. The number of aromatic nitrogens is 1. The van der Waals surface area contributed by atoms with E-state index >= 15 is 0 Å². The van der Waals surface area contributed by atoms with E-state index in [2.05, 4.69) is 0 Å². The first-order valence-electron chi connectivity index (χ1n) is 9.43. The van der Waals surface area contributed by atoms with Crippen LogP contribution in [-0.2, 0) is 11.3 Å². The van der Waals surface area contributed by atoms with E-state index in [0.29, 0.717) is 29.3 Å². The first-order valence-corrected chi connectivity index (χ1v) is 9.43.